The lowest BCUT2D eigenvalue weighted by atomic mass is 9.95. The van der Waals surface area contributed by atoms with Gasteiger partial charge in [0.2, 0.25) is 5.91 Å². The van der Waals surface area contributed by atoms with Crippen LogP contribution in [0.15, 0.2) is 18.2 Å². The normalized spacial score (nSPS) is 17.0. The number of anilines is 1. The first kappa shape index (κ1) is 15.6. The number of nitrogens with zero attached hydrogens (tertiary/aromatic N) is 1. The first-order valence-electron chi connectivity index (χ1n) is 6.68. The lowest BCUT2D eigenvalue weighted by Crippen LogP contribution is -2.39. The molecule has 1 heterocycles. The fourth-order valence-electron chi connectivity index (χ4n) is 2.59. The molecule has 0 radical (unpaired) electrons. The number of hydrogen-bond donors (Lipinski definition) is 2. The predicted octanol–water partition coefficient (Wildman–Crippen LogP) is 1.90. The van der Waals surface area contributed by atoms with E-state index in [1.807, 2.05) is 0 Å². The summed E-state index contributed by atoms with van der Waals surface area (Å²) in [5.74, 6) is -0.673. The molecule has 0 saturated carbocycles. The summed E-state index contributed by atoms with van der Waals surface area (Å²) in [6.07, 6.45) is -3.58. The van der Waals surface area contributed by atoms with Crippen molar-refractivity contribution in [3.63, 3.8) is 0 Å². The van der Waals surface area contributed by atoms with Gasteiger partial charge in [0.1, 0.15) is 0 Å². The van der Waals surface area contributed by atoms with Gasteiger partial charge in [0, 0.05) is 24.7 Å². The number of benzene rings is 1. The van der Waals surface area contributed by atoms with Gasteiger partial charge in [-0.15, -0.1) is 0 Å². The first-order chi connectivity index (χ1) is 9.82. The molecule has 1 aromatic carbocycles. The van der Waals surface area contributed by atoms with Crippen LogP contribution in [0, 0.1) is 5.92 Å². The van der Waals surface area contributed by atoms with Crippen molar-refractivity contribution in [3.05, 3.63) is 29.3 Å². The van der Waals surface area contributed by atoms with Crippen molar-refractivity contribution in [2.75, 3.05) is 18.0 Å². The third-order valence-electron chi connectivity index (χ3n) is 3.79. The molecule has 0 aliphatic carbocycles. The summed E-state index contributed by atoms with van der Waals surface area (Å²) in [5, 5.41) is 8.99. The average molecular weight is 302 g/mol. The molecule has 116 valence electrons. The highest BCUT2D eigenvalue weighted by Crippen LogP contribution is 2.38. The SMILES string of the molecule is NC(=O)C1CCN(c2ccc(CO)cc2C(F)(F)F)CC1. The molecular weight excluding hydrogens is 285 g/mol. The van der Waals surface area contributed by atoms with E-state index in [9.17, 15) is 18.0 Å². The minimum absolute atomic E-state index is 0.0858. The molecule has 1 aliphatic heterocycles. The largest absolute Gasteiger partial charge is 0.418 e. The molecule has 0 unspecified atom stereocenters. The number of aliphatic hydroxyl groups is 1. The minimum Gasteiger partial charge on any atom is -0.392 e. The summed E-state index contributed by atoms with van der Waals surface area (Å²) in [5.41, 5.74) is 4.77. The maximum absolute atomic E-state index is 13.1. The van der Waals surface area contributed by atoms with E-state index in [1.165, 1.54) is 12.1 Å². The van der Waals surface area contributed by atoms with E-state index in [-0.39, 0.29) is 17.2 Å². The molecule has 1 aromatic rings. The molecular formula is C14H17F3N2O2. The zero-order valence-electron chi connectivity index (χ0n) is 11.4. The second kappa shape index (κ2) is 5.93. The molecule has 0 spiro atoms. The number of carbonyl (C=O) groups is 1. The maximum atomic E-state index is 13.1. The maximum Gasteiger partial charge on any atom is 0.418 e. The number of primary amides is 1. The van der Waals surface area contributed by atoms with Gasteiger partial charge < -0.3 is 15.7 Å². The zero-order chi connectivity index (χ0) is 15.6. The number of aliphatic hydroxyl groups excluding tert-OH is 1. The Kier molecular flexibility index (Phi) is 4.41. The van der Waals surface area contributed by atoms with Crippen LogP contribution >= 0.6 is 0 Å². The summed E-state index contributed by atoms with van der Waals surface area (Å²) in [7, 11) is 0. The van der Waals surface area contributed by atoms with Gasteiger partial charge in [-0.05, 0) is 30.5 Å². The fraction of sp³-hybridized carbons (Fsp3) is 0.500. The highest BCUT2D eigenvalue weighted by atomic mass is 19.4. The van der Waals surface area contributed by atoms with Gasteiger partial charge in [-0.2, -0.15) is 13.2 Å². The summed E-state index contributed by atoms with van der Waals surface area (Å²) in [4.78, 5) is 12.7. The van der Waals surface area contributed by atoms with Crippen molar-refractivity contribution in [1.82, 2.24) is 0 Å². The molecule has 3 N–H and O–H groups in total. The summed E-state index contributed by atoms with van der Waals surface area (Å²) >= 11 is 0. The van der Waals surface area contributed by atoms with Gasteiger partial charge >= 0.3 is 6.18 Å². The molecule has 4 nitrogen and oxygen atoms in total. The van der Waals surface area contributed by atoms with Crippen molar-refractivity contribution < 1.29 is 23.1 Å². The van der Waals surface area contributed by atoms with Gasteiger partial charge in [0.25, 0.3) is 0 Å². The number of halogens is 3. The first-order valence-corrected chi connectivity index (χ1v) is 6.68. The van der Waals surface area contributed by atoms with Crippen LogP contribution in [0.25, 0.3) is 0 Å². The summed E-state index contributed by atoms with van der Waals surface area (Å²) in [6, 6.07) is 3.82. The average Bonchev–Trinajstić information content (AvgIpc) is 2.46. The van der Waals surface area contributed by atoms with Crippen molar-refractivity contribution in [1.29, 1.82) is 0 Å². The molecule has 0 atom stereocenters. The van der Waals surface area contributed by atoms with Crippen LogP contribution in [0.5, 0.6) is 0 Å². The Morgan fingerprint density at radius 1 is 1.33 bits per heavy atom. The Balaban J connectivity index is 2.26. The molecule has 7 heteroatoms. The van der Waals surface area contributed by atoms with E-state index in [4.69, 9.17) is 10.8 Å². The fourth-order valence-corrected chi connectivity index (χ4v) is 2.59. The molecule has 21 heavy (non-hydrogen) atoms. The third-order valence-corrected chi connectivity index (χ3v) is 3.79. The molecule has 2 rings (SSSR count). The standard InChI is InChI=1S/C14H17F3N2O2/c15-14(16,17)11-7-9(8-20)1-2-12(11)19-5-3-10(4-6-19)13(18)21/h1-2,7,10,20H,3-6,8H2,(H2,18,21). The molecule has 1 fully saturated rings. The Morgan fingerprint density at radius 2 is 1.95 bits per heavy atom. The van der Waals surface area contributed by atoms with Crippen LogP contribution in [0.1, 0.15) is 24.0 Å². The number of piperidine rings is 1. The minimum atomic E-state index is -4.49. The topological polar surface area (TPSA) is 66.6 Å². The highest BCUT2D eigenvalue weighted by Gasteiger charge is 2.36. The molecule has 0 bridgehead atoms. The van der Waals surface area contributed by atoms with Crippen LogP contribution in [0.3, 0.4) is 0 Å². The smallest absolute Gasteiger partial charge is 0.392 e. The van der Waals surface area contributed by atoms with Crippen molar-refractivity contribution in [2.24, 2.45) is 11.7 Å². The van der Waals surface area contributed by atoms with Crippen LogP contribution in [0.4, 0.5) is 18.9 Å². The van der Waals surface area contributed by atoms with Crippen LogP contribution in [-0.4, -0.2) is 24.1 Å². The number of alkyl halides is 3. The third kappa shape index (κ3) is 3.47. The number of hydrogen-bond acceptors (Lipinski definition) is 3. The Morgan fingerprint density at radius 3 is 2.43 bits per heavy atom. The van der Waals surface area contributed by atoms with Gasteiger partial charge in [0.05, 0.1) is 12.2 Å². The van der Waals surface area contributed by atoms with Crippen LogP contribution < -0.4 is 10.6 Å². The Hall–Kier alpha value is -1.76. The molecule has 1 saturated heterocycles. The quantitative estimate of drug-likeness (QED) is 0.896. The number of nitrogens with two attached hydrogens (primary N) is 1. The van der Waals surface area contributed by atoms with Crippen LogP contribution in [-0.2, 0) is 17.6 Å². The van der Waals surface area contributed by atoms with E-state index in [0.29, 0.717) is 25.9 Å². The van der Waals surface area contributed by atoms with Crippen molar-refractivity contribution in [3.8, 4) is 0 Å². The molecule has 1 amide bonds. The van der Waals surface area contributed by atoms with Crippen molar-refractivity contribution >= 4 is 11.6 Å². The van der Waals surface area contributed by atoms with E-state index in [1.54, 1.807) is 4.90 Å². The van der Waals surface area contributed by atoms with Gasteiger partial charge in [-0.1, -0.05) is 6.07 Å². The lowest BCUT2D eigenvalue weighted by molar-refractivity contribution is -0.137. The predicted molar refractivity (Wildman–Crippen MR) is 71.5 cm³/mol. The van der Waals surface area contributed by atoms with E-state index < -0.39 is 24.3 Å². The Bertz CT molecular complexity index is 523. The monoisotopic (exact) mass is 302 g/mol. The second-order valence-corrected chi connectivity index (χ2v) is 5.17. The van der Waals surface area contributed by atoms with E-state index >= 15 is 0 Å². The molecule has 0 aromatic heterocycles. The number of rotatable bonds is 3. The summed E-state index contributed by atoms with van der Waals surface area (Å²) < 4.78 is 39.4. The highest BCUT2D eigenvalue weighted by molar-refractivity contribution is 5.77. The number of carbonyl (C=O) groups excluding carboxylic acids is 1. The zero-order valence-corrected chi connectivity index (χ0v) is 11.4. The second-order valence-electron chi connectivity index (χ2n) is 5.17. The molecule has 1 aliphatic rings. The van der Waals surface area contributed by atoms with E-state index in [2.05, 4.69) is 0 Å². The van der Waals surface area contributed by atoms with Crippen molar-refractivity contribution in [2.45, 2.75) is 25.6 Å². The lowest BCUT2D eigenvalue weighted by Gasteiger charge is -2.34. The Labute approximate surface area is 120 Å². The summed E-state index contributed by atoms with van der Waals surface area (Å²) in [6.45, 7) is 0.275. The van der Waals surface area contributed by atoms with Gasteiger partial charge in [-0.3, -0.25) is 4.79 Å². The number of amides is 1. The van der Waals surface area contributed by atoms with Crippen LogP contribution in [0.2, 0.25) is 0 Å². The van der Waals surface area contributed by atoms with E-state index in [0.717, 1.165) is 6.07 Å². The van der Waals surface area contributed by atoms with Gasteiger partial charge in [0.15, 0.2) is 0 Å². The van der Waals surface area contributed by atoms with Gasteiger partial charge in [-0.25, -0.2) is 0 Å².